The second kappa shape index (κ2) is 7.50. The lowest BCUT2D eigenvalue weighted by Gasteiger charge is -2.16. The van der Waals surface area contributed by atoms with Gasteiger partial charge in [0.2, 0.25) is 0 Å². The fourth-order valence-corrected chi connectivity index (χ4v) is 3.02. The Labute approximate surface area is 154 Å². The average molecular weight is 371 g/mol. The van der Waals surface area contributed by atoms with Crippen LogP contribution in [0.2, 0.25) is 0 Å². The third-order valence-electron chi connectivity index (χ3n) is 4.42. The first kappa shape index (κ1) is 18.5. The van der Waals surface area contributed by atoms with Crippen molar-refractivity contribution in [2.24, 2.45) is 5.73 Å². The summed E-state index contributed by atoms with van der Waals surface area (Å²) >= 11 is 0. The van der Waals surface area contributed by atoms with E-state index in [4.69, 9.17) is 10.8 Å². The van der Waals surface area contributed by atoms with Crippen molar-refractivity contribution in [1.29, 1.82) is 0 Å². The van der Waals surface area contributed by atoms with E-state index in [-0.39, 0.29) is 12.8 Å². The van der Waals surface area contributed by atoms with Crippen LogP contribution in [0.15, 0.2) is 36.8 Å². The Bertz CT molecular complexity index is 977. The maximum absolute atomic E-state index is 11.7. The number of carboxylic acid groups (broad SMARTS) is 2. The van der Waals surface area contributed by atoms with Gasteiger partial charge in [0.25, 0.3) is 0 Å². The van der Waals surface area contributed by atoms with Gasteiger partial charge in [0, 0.05) is 35.6 Å². The Morgan fingerprint density at radius 3 is 2.70 bits per heavy atom. The second-order valence-electron chi connectivity index (χ2n) is 6.42. The lowest BCUT2D eigenvalue weighted by Crippen LogP contribution is -2.36. The van der Waals surface area contributed by atoms with Crippen LogP contribution >= 0.6 is 0 Å². The van der Waals surface area contributed by atoms with Gasteiger partial charge in [-0.1, -0.05) is 18.2 Å². The van der Waals surface area contributed by atoms with Gasteiger partial charge in [0.1, 0.15) is 18.4 Å². The van der Waals surface area contributed by atoms with E-state index in [2.05, 4.69) is 15.4 Å². The van der Waals surface area contributed by atoms with Gasteiger partial charge >= 0.3 is 11.9 Å². The van der Waals surface area contributed by atoms with Crippen LogP contribution < -0.4 is 11.2 Å². The molecule has 142 valence electrons. The number of para-hydroxylation sites is 1. The second-order valence-corrected chi connectivity index (χ2v) is 6.42. The number of benzene rings is 1. The molecule has 0 saturated carbocycles. The molecule has 0 bridgehead atoms. The van der Waals surface area contributed by atoms with Crippen molar-refractivity contribution in [3.05, 3.63) is 53.7 Å². The van der Waals surface area contributed by atoms with E-state index in [0.29, 0.717) is 5.69 Å². The van der Waals surface area contributed by atoms with Crippen LogP contribution in [-0.4, -0.2) is 48.9 Å². The Balaban J connectivity index is 1.77. The maximum atomic E-state index is 11.7. The van der Waals surface area contributed by atoms with Crippen molar-refractivity contribution in [3.8, 4) is 0 Å². The molecule has 3 aromatic rings. The monoisotopic (exact) mass is 371 g/mol. The molecule has 0 aliphatic rings. The molecule has 0 unspecified atom stereocenters. The van der Waals surface area contributed by atoms with E-state index in [0.717, 1.165) is 22.2 Å². The molecule has 27 heavy (non-hydrogen) atoms. The summed E-state index contributed by atoms with van der Waals surface area (Å²) in [6.45, 7) is 1.91. The predicted molar refractivity (Wildman–Crippen MR) is 99.1 cm³/mol. The number of hydrogen-bond donors (Lipinski definition) is 5. The number of aromatic nitrogens is 3. The SMILES string of the molecule is Cc1[nH]c2ccccc2c1C[C@@H](Nn1cnc(C[C@@H](N)C(=O)O)c1)C(=O)O. The zero-order valence-electron chi connectivity index (χ0n) is 14.7. The van der Waals surface area contributed by atoms with Crippen LogP contribution in [0.4, 0.5) is 0 Å². The Morgan fingerprint density at radius 2 is 2.00 bits per heavy atom. The van der Waals surface area contributed by atoms with E-state index in [1.807, 2.05) is 31.2 Å². The number of aryl methyl sites for hydroxylation is 1. The topological polar surface area (TPSA) is 146 Å². The first-order valence-corrected chi connectivity index (χ1v) is 8.42. The normalized spacial score (nSPS) is 13.4. The molecule has 0 radical (unpaired) electrons. The summed E-state index contributed by atoms with van der Waals surface area (Å²) in [6, 6.07) is 5.79. The van der Waals surface area contributed by atoms with E-state index >= 15 is 0 Å². The molecule has 9 heteroatoms. The fraction of sp³-hybridized carbons (Fsp3) is 0.278. The highest BCUT2D eigenvalue weighted by Gasteiger charge is 2.22. The van der Waals surface area contributed by atoms with Crippen molar-refractivity contribution in [2.75, 3.05) is 5.43 Å². The van der Waals surface area contributed by atoms with Crippen molar-refractivity contribution in [2.45, 2.75) is 31.8 Å². The number of aliphatic carboxylic acids is 2. The molecular formula is C18H21N5O4. The zero-order valence-corrected chi connectivity index (χ0v) is 14.7. The Hall–Kier alpha value is -3.33. The molecule has 3 rings (SSSR count). The molecule has 9 nitrogen and oxygen atoms in total. The number of aromatic amines is 1. The van der Waals surface area contributed by atoms with Crippen molar-refractivity contribution in [3.63, 3.8) is 0 Å². The Morgan fingerprint density at radius 1 is 1.26 bits per heavy atom. The number of carboxylic acids is 2. The van der Waals surface area contributed by atoms with Gasteiger partial charge < -0.3 is 26.4 Å². The average Bonchev–Trinajstić information content (AvgIpc) is 3.18. The van der Waals surface area contributed by atoms with Crippen molar-refractivity contribution < 1.29 is 19.8 Å². The molecule has 0 fully saturated rings. The molecule has 1 aromatic carbocycles. The number of H-pyrrole nitrogens is 1. The van der Waals surface area contributed by atoms with E-state index in [1.54, 1.807) is 6.20 Å². The number of hydrogen-bond acceptors (Lipinski definition) is 5. The van der Waals surface area contributed by atoms with Crippen LogP contribution in [0.1, 0.15) is 17.0 Å². The van der Waals surface area contributed by atoms with Gasteiger partial charge in [0.05, 0.1) is 5.69 Å². The van der Waals surface area contributed by atoms with Crippen LogP contribution in [0, 0.1) is 6.92 Å². The molecule has 0 saturated heterocycles. The summed E-state index contributed by atoms with van der Waals surface area (Å²) in [5.41, 5.74) is 11.7. The van der Waals surface area contributed by atoms with Crippen LogP contribution in [-0.2, 0) is 22.4 Å². The first-order valence-electron chi connectivity index (χ1n) is 8.42. The summed E-state index contributed by atoms with van der Waals surface area (Å²) in [5, 5.41) is 19.5. The molecule has 0 spiro atoms. The van der Waals surface area contributed by atoms with Crippen molar-refractivity contribution >= 4 is 22.8 Å². The summed E-state index contributed by atoms with van der Waals surface area (Å²) in [4.78, 5) is 29.9. The largest absolute Gasteiger partial charge is 0.480 e. The van der Waals surface area contributed by atoms with E-state index < -0.39 is 24.0 Å². The van der Waals surface area contributed by atoms with Crippen molar-refractivity contribution in [1.82, 2.24) is 14.6 Å². The van der Waals surface area contributed by atoms with Gasteiger partial charge in [-0.3, -0.25) is 9.47 Å². The molecule has 0 aliphatic carbocycles. The molecular weight excluding hydrogens is 350 g/mol. The number of fused-ring (bicyclic) bond motifs is 1. The predicted octanol–water partition coefficient (Wildman–Crippen LogP) is 0.867. The standard InChI is InChI=1S/C18H21N5O4/c1-10-13(12-4-2-3-5-15(12)21-10)7-16(18(26)27)22-23-8-11(20-9-23)6-14(19)17(24)25/h2-5,8-9,14,16,21-22H,6-7,19H2,1H3,(H,24,25)(H,26,27)/t14-,16-/m1/s1. The summed E-state index contributed by atoms with van der Waals surface area (Å²) in [5.74, 6) is -2.12. The first-order chi connectivity index (χ1) is 12.8. The van der Waals surface area contributed by atoms with Crippen LogP contribution in [0.5, 0.6) is 0 Å². The minimum Gasteiger partial charge on any atom is -0.480 e. The molecule has 0 amide bonds. The highest BCUT2D eigenvalue weighted by molar-refractivity contribution is 5.86. The zero-order chi connectivity index (χ0) is 19.6. The van der Waals surface area contributed by atoms with Crippen LogP contribution in [0.3, 0.4) is 0 Å². The van der Waals surface area contributed by atoms with E-state index in [9.17, 15) is 14.7 Å². The minimum absolute atomic E-state index is 0.0588. The van der Waals surface area contributed by atoms with Gasteiger partial charge in [0.15, 0.2) is 0 Å². The molecule has 0 aliphatic heterocycles. The maximum Gasteiger partial charge on any atom is 0.328 e. The summed E-state index contributed by atoms with van der Waals surface area (Å²) in [6.07, 6.45) is 3.28. The van der Waals surface area contributed by atoms with E-state index in [1.165, 1.54) is 11.0 Å². The summed E-state index contributed by atoms with van der Waals surface area (Å²) < 4.78 is 1.42. The third-order valence-corrected chi connectivity index (χ3v) is 4.42. The lowest BCUT2D eigenvalue weighted by molar-refractivity contribution is -0.139. The smallest absolute Gasteiger partial charge is 0.328 e. The fourth-order valence-electron chi connectivity index (χ4n) is 3.02. The molecule has 2 heterocycles. The highest BCUT2D eigenvalue weighted by Crippen LogP contribution is 2.23. The quantitative estimate of drug-likeness (QED) is 0.395. The summed E-state index contributed by atoms with van der Waals surface area (Å²) in [7, 11) is 0. The lowest BCUT2D eigenvalue weighted by atomic mass is 10.0. The number of rotatable bonds is 8. The van der Waals surface area contributed by atoms with Gasteiger partial charge in [-0.2, -0.15) is 0 Å². The van der Waals surface area contributed by atoms with Gasteiger partial charge in [-0.25, -0.2) is 9.78 Å². The highest BCUT2D eigenvalue weighted by atomic mass is 16.4. The third kappa shape index (κ3) is 4.09. The van der Waals surface area contributed by atoms with Gasteiger partial charge in [-0.05, 0) is 18.6 Å². The molecule has 2 atom stereocenters. The number of nitrogens with one attached hydrogen (secondary N) is 2. The molecule has 2 aromatic heterocycles. The van der Waals surface area contributed by atoms with Gasteiger partial charge in [-0.15, -0.1) is 0 Å². The number of imidazole rings is 1. The minimum atomic E-state index is -1.12. The number of nitrogens with two attached hydrogens (primary N) is 1. The van der Waals surface area contributed by atoms with Crippen LogP contribution in [0.25, 0.3) is 10.9 Å². The Kier molecular flexibility index (Phi) is 5.13. The number of carbonyl (C=O) groups is 2. The molecule has 6 N–H and O–H groups in total. The number of nitrogens with zero attached hydrogens (tertiary/aromatic N) is 2.